The lowest BCUT2D eigenvalue weighted by Crippen LogP contribution is -2.26. The Bertz CT molecular complexity index is 2160. The van der Waals surface area contributed by atoms with E-state index in [1.807, 2.05) is 123 Å². The molecule has 0 saturated carbocycles. The number of allylic oxidation sites excluding steroid dienone is 1. The second kappa shape index (κ2) is 52.6. The van der Waals surface area contributed by atoms with E-state index in [1.165, 1.54) is 11.3 Å². The molecule has 2 aliphatic rings. The molecule has 0 aliphatic carbocycles. The molecule has 18 N–H and O–H groups in total. The zero-order valence-corrected chi connectivity index (χ0v) is 42.5. The number of ketones is 2. The van der Waals surface area contributed by atoms with Crippen molar-refractivity contribution in [2.45, 2.75) is 83.3 Å². The van der Waals surface area contributed by atoms with E-state index in [0.717, 1.165) is 52.6 Å². The third-order valence-electron chi connectivity index (χ3n) is 10.4. The second-order valence-electron chi connectivity index (χ2n) is 14.2. The minimum Gasteiger partial charge on any atom is -0.412 e. The Morgan fingerprint density at radius 2 is 1.07 bits per heavy atom. The summed E-state index contributed by atoms with van der Waals surface area (Å²) in [6.45, 7) is 17.0. The number of benzene rings is 4. The summed E-state index contributed by atoms with van der Waals surface area (Å²) in [5.74, 6) is 0.0336. The monoisotopic (exact) mass is 1090 g/mol. The number of hydrogen-bond donors (Lipinski definition) is 9. The lowest BCUT2D eigenvalue weighted by atomic mass is 10.0. The second-order valence-corrected chi connectivity index (χ2v) is 14.6. The predicted octanol–water partition coefficient (Wildman–Crippen LogP) is 6.83. The molecule has 2 unspecified atom stereocenters. The Balaban J connectivity index is -0.0000000973. The van der Waals surface area contributed by atoms with Gasteiger partial charge in [0.2, 0.25) is 17.5 Å². The van der Waals surface area contributed by atoms with Crippen molar-refractivity contribution in [3.63, 3.8) is 0 Å². The van der Waals surface area contributed by atoms with E-state index in [0.29, 0.717) is 24.5 Å². The number of nitrogens with zero attached hydrogens (tertiary/aromatic N) is 5. The maximum Gasteiger partial charge on any atom is 0.259 e. The molecule has 0 spiro atoms. The van der Waals surface area contributed by atoms with Gasteiger partial charge >= 0.3 is 0 Å². The van der Waals surface area contributed by atoms with Gasteiger partial charge in [-0.3, -0.25) is 45.7 Å². The van der Waals surface area contributed by atoms with Crippen molar-refractivity contribution in [2.24, 2.45) is 10.7 Å². The van der Waals surface area contributed by atoms with Crippen LogP contribution in [0.5, 0.6) is 0 Å². The van der Waals surface area contributed by atoms with Gasteiger partial charge in [0.1, 0.15) is 13.1 Å². The van der Waals surface area contributed by atoms with Gasteiger partial charge in [-0.25, -0.2) is 9.57 Å². The number of carbonyl (C=O) groups excluding carboxylic acids is 2. The van der Waals surface area contributed by atoms with Gasteiger partial charge in [0.15, 0.2) is 14.2 Å². The molecule has 24 heteroatoms. The van der Waals surface area contributed by atoms with Crippen LogP contribution in [-0.4, -0.2) is 156 Å². The SMILES string of the molecule is C.C.C.C.CC1=C(N)C(=O)C(c2ccccc2)N1C.CCN(CCO)c1ccc(N=C2C(=O)C(c3ccccc3)[N+](C)=C2C)c(C)c1.CCN(CCO)c1cccc(C)c1.CP=O.O.O.O.O.O=O.OO.OO.OO. The molecule has 432 valence electrons. The molecule has 2 aliphatic heterocycles. The fraction of sp³-hybridized carbons (Fsp3) is 0.412. The van der Waals surface area contributed by atoms with Crippen molar-refractivity contribution in [2.75, 3.05) is 70.0 Å². The number of Topliss-reactive ketones (excluding diaryl/α,β-unsaturated/α-hetero) is 2. The number of anilines is 2. The number of aliphatic hydroxyl groups is 2. The zero-order chi connectivity index (χ0) is 51.6. The van der Waals surface area contributed by atoms with E-state index < -0.39 is 0 Å². The Hall–Kier alpha value is -6.28. The number of carbonyl (C=O) groups is 2. The maximum absolute atomic E-state index is 13.1. The third kappa shape index (κ3) is 27.7. The molecule has 4 aromatic rings. The fourth-order valence-electron chi connectivity index (χ4n) is 6.97. The van der Waals surface area contributed by atoms with Gasteiger partial charge in [-0.05, 0) is 81.6 Å². The van der Waals surface area contributed by atoms with Gasteiger partial charge in [-0.2, -0.15) is 0 Å². The van der Waals surface area contributed by atoms with Crippen molar-refractivity contribution >= 4 is 48.5 Å². The molecular formula is C51H92N6O17P+. The first-order valence-electron chi connectivity index (χ1n) is 20.7. The Morgan fingerprint density at radius 1 is 0.653 bits per heavy atom. The van der Waals surface area contributed by atoms with Crippen LogP contribution in [0.15, 0.2) is 120 Å². The molecule has 6 rings (SSSR count). The molecule has 0 saturated heterocycles. The first-order chi connectivity index (χ1) is 32.3. The minimum absolute atomic E-state index is 0. The van der Waals surface area contributed by atoms with Gasteiger partial charge in [0.05, 0.1) is 24.6 Å². The molecular weight excluding hydrogens is 1000 g/mol. The average Bonchev–Trinajstić information content (AvgIpc) is 3.70. The van der Waals surface area contributed by atoms with Crippen LogP contribution in [0.3, 0.4) is 0 Å². The van der Waals surface area contributed by atoms with E-state index in [-0.39, 0.29) is 96.9 Å². The highest BCUT2D eigenvalue weighted by Gasteiger charge is 2.43. The zero-order valence-electron chi connectivity index (χ0n) is 41.6. The van der Waals surface area contributed by atoms with Crippen LogP contribution in [0.4, 0.5) is 17.1 Å². The summed E-state index contributed by atoms with van der Waals surface area (Å²) < 4.78 is 10.9. The summed E-state index contributed by atoms with van der Waals surface area (Å²) in [7, 11) is 4.00. The number of aliphatic hydroxyl groups excluding tert-OH is 2. The summed E-state index contributed by atoms with van der Waals surface area (Å²) in [6.07, 6.45) is 0. The topological polar surface area (TPSA) is 424 Å². The van der Waals surface area contributed by atoms with E-state index in [4.69, 9.17) is 61.9 Å². The molecule has 0 bridgehead atoms. The van der Waals surface area contributed by atoms with Crippen LogP contribution < -0.4 is 15.5 Å². The largest absolute Gasteiger partial charge is 0.412 e. The van der Waals surface area contributed by atoms with Crippen LogP contribution in [0.25, 0.3) is 0 Å². The van der Waals surface area contributed by atoms with E-state index in [9.17, 15) is 14.7 Å². The molecule has 75 heavy (non-hydrogen) atoms. The first-order valence-corrected chi connectivity index (χ1v) is 22.0. The van der Waals surface area contributed by atoms with Crippen LogP contribution in [0.2, 0.25) is 0 Å². The van der Waals surface area contributed by atoms with Crippen molar-refractivity contribution in [3.05, 3.63) is 147 Å². The number of hydrogen-bond acceptors (Lipinski definition) is 18. The normalized spacial score (nSPS) is 13.4. The summed E-state index contributed by atoms with van der Waals surface area (Å²) in [5.41, 5.74) is 15.7. The highest BCUT2D eigenvalue weighted by molar-refractivity contribution is 7.22. The van der Waals surface area contributed by atoms with Crippen molar-refractivity contribution < 1.29 is 82.4 Å². The smallest absolute Gasteiger partial charge is 0.259 e. The minimum atomic E-state index is -0.320. The van der Waals surface area contributed by atoms with Crippen molar-refractivity contribution in [1.82, 2.24) is 4.90 Å². The highest BCUT2D eigenvalue weighted by atomic mass is 31.1. The van der Waals surface area contributed by atoms with Gasteiger partial charge in [0.25, 0.3) is 5.78 Å². The third-order valence-corrected chi connectivity index (χ3v) is 10.4. The van der Waals surface area contributed by atoms with Crippen LogP contribution in [0.1, 0.15) is 91.7 Å². The van der Waals surface area contributed by atoms with E-state index in [2.05, 4.69) is 54.8 Å². The molecule has 0 aromatic heterocycles. The summed E-state index contributed by atoms with van der Waals surface area (Å²) in [6, 6.07) is 33.3. The molecule has 4 aromatic carbocycles. The number of aryl methyl sites for hydroxylation is 2. The van der Waals surface area contributed by atoms with E-state index in [1.54, 1.807) is 6.66 Å². The standard InChI is InChI=1S/C23H28N3O2.C12H14N2O.C11H17NO.CH3OP.4CH4.3H2O2.O2.4H2O/c1-5-26(13-14-27)19-11-12-20(16(2)15-19)24-21-17(3)25(4)22(23(21)28)18-9-7-6-8-10-18;1-8-10(13)12(15)11(14(8)2)9-6-4-3-5-7-9;1-3-12(7-8-13)11-6-4-5-10(2)9-11;1-3-2;;;;;4*1-2;;;;/h6-12,15,22,27H,5,13-14H2,1-4H3;3-7,11H,13H2,1-2H3;4-6,9,13H,3,7-8H2,1-2H3;1H3;4*1H4;3*1-2H;;4*1H2/q+1;;;;;;;;;;;;;;;. The van der Waals surface area contributed by atoms with Crippen molar-refractivity contribution in [1.29, 1.82) is 0 Å². The molecule has 23 nitrogen and oxygen atoms in total. The van der Waals surface area contributed by atoms with Gasteiger partial charge < -0.3 is 52.6 Å². The molecule has 0 amide bonds. The Morgan fingerprint density at radius 3 is 1.43 bits per heavy atom. The van der Waals surface area contributed by atoms with E-state index >= 15 is 0 Å². The van der Waals surface area contributed by atoms with Crippen LogP contribution in [-0.2, 0) is 14.2 Å². The number of likely N-dealkylation sites (N-methyl/N-ethyl adjacent to an activating group) is 4. The lowest BCUT2D eigenvalue weighted by molar-refractivity contribution is -0.523. The average molecular weight is 1090 g/mol. The van der Waals surface area contributed by atoms with Crippen LogP contribution in [0, 0.1) is 23.8 Å². The summed E-state index contributed by atoms with van der Waals surface area (Å²) >= 11 is 0. The fourth-order valence-corrected chi connectivity index (χ4v) is 6.97. The first kappa shape index (κ1) is 91.4. The van der Waals surface area contributed by atoms with Crippen LogP contribution >= 0.6 is 8.46 Å². The molecule has 0 radical (unpaired) electrons. The van der Waals surface area contributed by atoms with Crippen molar-refractivity contribution in [3.8, 4) is 0 Å². The Labute approximate surface area is 445 Å². The number of aliphatic imine (C=N–C) groups is 1. The Kier molecular flexibility index (Phi) is 64.1. The molecule has 2 atom stereocenters. The number of nitrogens with two attached hydrogens (primary N) is 1. The quantitative estimate of drug-likeness (QED) is 0.0321. The summed E-state index contributed by atoms with van der Waals surface area (Å²) in [4.78, 5) is 50.0. The van der Waals surface area contributed by atoms with Gasteiger partial charge in [-0.15, -0.1) is 0 Å². The lowest BCUT2D eigenvalue weighted by Gasteiger charge is -2.22. The van der Waals surface area contributed by atoms with Gasteiger partial charge in [0, 0.05) is 79.4 Å². The molecule has 2 heterocycles. The number of rotatable bonds is 11. The summed E-state index contributed by atoms with van der Waals surface area (Å²) in [5, 5.41) is 54.1. The highest BCUT2D eigenvalue weighted by Crippen LogP contribution is 2.32. The maximum atomic E-state index is 13.1. The molecule has 0 fully saturated rings. The van der Waals surface area contributed by atoms with Gasteiger partial charge in [-0.1, -0.05) is 103 Å². The predicted molar refractivity (Wildman–Crippen MR) is 307 cm³/mol.